The maximum Gasteiger partial charge on any atom is -0.0389 e. The van der Waals surface area contributed by atoms with E-state index >= 15 is 0 Å². The Morgan fingerprint density at radius 1 is 0.500 bits per heavy atom. The molecule has 0 aromatic heterocycles. The average Bonchev–Trinajstić information content (AvgIpc) is 2.55. The zero-order valence-electron chi connectivity index (χ0n) is 18.0. The number of rotatable bonds is 18. The monoisotopic (exact) mass is 338 g/mol. The zero-order valence-corrected chi connectivity index (χ0v) is 18.0. The van der Waals surface area contributed by atoms with Gasteiger partial charge in [-0.25, -0.2) is 0 Å². The molecule has 0 N–H and O–H groups in total. The molecule has 0 fully saturated rings. The minimum Gasteiger partial charge on any atom is -0.0654 e. The Morgan fingerprint density at radius 3 is 1.38 bits per heavy atom. The molecule has 24 heavy (non-hydrogen) atoms. The summed E-state index contributed by atoms with van der Waals surface area (Å²) in [6.45, 7) is 12.0. The largest absolute Gasteiger partial charge is 0.0654 e. The van der Waals surface area contributed by atoms with Crippen molar-refractivity contribution in [3.8, 4) is 0 Å². The highest BCUT2D eigenvalue weighted by molar-refractivity contribution is 4.68. The minimum atomic E-state index is 0.872. The van der Waals surface area contributed by atoms with Crippen molar-refractivity contribution in [3.05, 3.63) is 0 Å². The van der Waals surface area contributed by atoms with E-state index in [9.17, 15) is 0 Å². The first-order valence-electron chi connectivity index (χ1n) is 11.6. The van der Waals surface area contributed by atoms with Crippen LogP contribution in [-0.2, 0) is 0 Å². The van der Waals surface area contributed by atoms with Gasteiger partial charge in [0.15, 0.2) is 0 Å². The summed E-state index contributed by atoms with van der Waals surface area (Å²) < 4.78 is 0. The van der Waals surface area contributed by atoms with Crippen molar-refractivity contribution in [2.45, 2.75) is 137 Å². The molecule has 0 spiro atoms. The van der Waals surface area contributed by atoms with Crippen LogP contribution in [0.25, 0.3) is 0 Å². The highest BCUT2D eigenvalue weighted by atomic mass is 14.2. The molecular formula is C24H50. The van der Waals surface area contributed by atoms with Crippen molar-refractivity contribution >= 4 is 0 Å². The fraction of sp³-hybridized carbons (Fsp3) is 1.00. The van der Waals surface area contributed by atoms with Gasteiger partial charge in [0.05, 0.1) is 0 Å². The fourth-order valence-corrected chi connectivity index (χ4v) is 3.99. The van der Waals surface area contributed by atoms with Crippen LogP contribution in [0, 0.1) is 17.8 Å². The Hall–Kier alpha value is 0. The Balaban J connectivity index is 3.65. The molecule has 0 radical (unpaired) electrons. The van der Waals surface area contributed by atoms with E-state index in [2.05, 4.69) is 34.6 Å². The van der Waals surface area contributed by atoms with Crippen LogP contribution in [-0.4, -0.2) is 0 Å². The van der Waals surface area contributed by atoms with Crippen LogP contribution in [0.15, 0.2) is 0 Å². The van der Waals surface area contributed by atoms with E-state index in [0.29, 0.717) is 0 Å². The van der Waals surface area contributed by atoms with Crippen molar-refractivity contribution in [2.24, 2.45) is 17.8 Å². The quantitative estimate of drug-likeness (QED) is 0.218. The molecule has 0 aromatic carbocycles. The predicted octanol–water partition coefficient (Wildman–Crippen LogP) is 9.18. The number of hydrogen-bond acceptors (Lipinski definition) is 0. The van der Waals surface area contributed by atoms with Crippen LogP contribution in [0.1, 0.15) is 137 Å². The standard InChI is InChI=1S/C24H50/c1-6-8-10-12-13-14-16-17-19-23(5)21-24(22(3)4)20-18-15-11-9-7-2/h22-24H,6-21H2,1-5H3. The van der Waals surface area contributed by atoms with Crippen LogP contribution in [0.2, 0.25) is 0 Å². The van der Waals surface area contributed by atoms with E-state index in [1.54, 1.807) is 0 Å². The molecule has 0 heterocycles. The van der Waals surface area contributed by atoms with E-state index in [1.807, 2.05) is 0 Å². The van der Waals surface area contributed by atoms with E-state index in [0.717, 1.165) is 17.8 Å². The lowest BCUT2D eigenvalue weighted by atomic mass is 9.82. The summed E-state index contributed by atoms with van der Waals surface area (Å²) in [5, 5.41) is 0. The first-order valence-corrected chi connectivity index (χ1v) is 11.6. The minimum absolute atomic E-state index is 0.872. The first kappa shape index (κ1) is 24.0. The molecule has 0 aromatic rings. The molecule has 0 saturated carbocycles. The van der Waals surface area contributed by atoms with Gasteiger partial charge < -0.3 is 0 Å². The average molecular weight is 339 g/mol. The van der Waals surface area contributed by atoms with Gasteiger partial charge in [-0.15, -0.1) is 0 Å². The van der Waals surface area contributed by atoms with Crippen LogP contribution in [0.3, 0.4) is 0 Å². The summed E-state index contributed by atoms with van der Waals surface area (Å²) in [7, 11) is 0. The highest BCUT2D eigenvalue weighted by Gasteiger charge is 2.16. The number of hydrogen-bond donors (Lipinski definition) is 0. The first-order chi connectivity index (χ1) is 11.6. The fourth-order valence-electron chi connectivity index (χ4n) is 3.99. The summed E-state index contributed by atoms with van der Waals surface area (Å²) in [5.41, 5.74) is 0. The van der Waals surface area contributed by atoms with Crippen LogP contribution in [0.5, 0.6) is 0 Å². The third kappa shape index (κ3) is 15.5. The second kappa shape index (κ2) is 17.8. The molecule has 0 heteroatoms. The molecule has 0 bridgehead atoms. The van der Waals surface area contributed by atoms with Gasteiger partial charge in [-0.05, 0) is 24.2 Å². The zero-order chi connectivity index (χ0) is 18.0. The molecule has 0 nitrogen and oxygen atoms in total. The SMILES string of the molecule is CCCCCCCCCCC(C)CC(CCCCCCC)C(C)C. The topological polar surface area (TPSA) is 0 Å². The van der Waals surface area contributed by atoms with Gasteiger partial charge in [-0.1, -0.05) is 131 Å². The van der Waals surface area contributed by atoms with E-state index in [4.69, 9.17) is 0 Å². The molecule has 2 unspecified atom stereocenters. The van der Waals surface area contributed by atoms with E-state index in [1.165, 1.54) is 103 Å². The predicted molar refractivity (Wildman–Crippen MR) is 113 cm³/mol. The molecule has 2 atom stereocenters. The maximum atomic E-state index is 2.51. The summed E-state index contributed by atoms with van der Waals surface area (Å²) in [6, 6.07) is 0. The van der Waals surface area contributed by atoms with Gasteiger partial charge in [0.25, 0.3) is 0 Å². The van der Waals surface area contributed by atoms with Gasteiger partial charge in [0.2, 0.25) is 0 Å². The van der Waals surface area contributed by atoms with Gasteiger partial charge in [0, 0.05) is 0 Å². The van der Waals surface area contributed by atoms with Crippen molar-refractivity contribution in [2.75, 3.05) is 0 Å². The molecule has 146 valence electrons. The third-order valence-corrected chi connectivity index (χ3v) is 5.88. The third-order valence-electron chi connectivity index (χ3n) is 5.88. The summed E-state index contributed by atoms with van der Waals surface area (Å²) >= 11 is 0. The van der Waals surface area contributed by atoms with E-state index in [-0.39, 0.29) is 0 Å². The molecular weight excluding hydrogens is 288 g/mol. The smallest absolute Gasteiger partial charge is 0.0389 e. The van der Waals surface area contributed by atoms with Crippen LogP contribution < -0.4 is 0 Å². The lowest BCUT2D eigenvalue weighted by Crippen LogP contribution is -2.13. The second-order valence-corrected chi connectivity index (χ2v) is 8.81. The Bertz CT molecular complexity index is 230. The van der Waals surface area contributed by atoms with Gasteiger partial charge in [-0.2, -0.15) is 0 Å². The van der Waals surface area contributed by atoms with Gasteiger partial charge in [-0.3, -0.25) is 0 Å². The van der Waals surface area contributed by atoms with Gasteiger partial charge >= 0.3 is 0 Å². The normalized spacial score (nSPS) is 14.2. The maximum absolute atomic E-state index is 2.51. The van der Waals surface area contributed by atoms with Crippen LogP contribution >= 0.6 is 0 Å². The lowest BCUT2D eigenvalue weighted by molar-refractivity contribution is 0.270. The summed E-state index contributed by atoms with van der Waals surface area (Å²) in [5.74, 6) is 2.78. The summed E-state index contributed by atoms with van der Waals surface area (Å²) in [4.78, 5) is 0. The molecule has 0 aliphatic rings. The van der Waals surface area contributed by atoms with Crippen molar-refractivity contribution in [1.29, 1.82) is 0 Å². The number of unbranched alkanes of at least 4 members (excludes halogenated alkanes) is 11. The molecule has 0 saturated heterocycles. The summed E-state index contributed by atoms with van der Waals surface area (Å²) in [6.07, 6.45) is 23.2. The Morgan fingerprint density at radius 2 is 0.917 bits per heavy atom. The van der Waals surface area contributed by atoms with Gasteiger partial charge in [0.1, 0.15) is 0 Å². The van der Waals surface area contributed by atoms with Crippen LogP contribution in [0.4, 0.5) is 0 Å². The van der Waals surface area contributed by atoms with Crippen molar-refractivity contribution < 1.29 is 0 Å². The Kier molecular flexibility index (Phi) is 17.8. The molecule has 0 aliphatic heterocycles. The van der Waals surface area contributed by atoms with Crippen molar-refractivity contribution in [3.63, 3.8) is 0 Å². The lowest BCUT2D eigenvalue weighted by Gasteiger charge is -2.24. The second-order valence-electron chi connectivity index (χ2n) is 8.81. The molecule has 0 aliphatic carbocycles. The van der Waals surface area contributed by atoms with E-state index < -0.39 is 0 Å². The molecule has 0 rings (SSSR count). The van der Waals surface area contributed by atoms with Crippen molar-refractivity contribution in [1.82, 2.24) is 0 Å². The molecule has 0 amide bonds. The highest BCUT2D eigenvalue weighted by Crippen LogP contribution is 2.28. The Labute approximate surface area is 155 Å².